The van der Waals surface area contributed by atoms with Gasteiger partial charge in [-0.05, 0) is 52.2 Å². The molecule has 25 heavy (non-hydrogen) atoms. The minimum atomic E-state index is -2.07. The molecule has 9 heteroatoms. The molecule has 2 rings (SSSR count). The standard InChI is InChI=1S/C16H20Cl3N3O3/c1-10-14(23)22(8-4-7-21(2)3)12-9-11(5-6-13(12)25-10)20-15(24)16(17,18)19/h5-6,9-10H,4,7-8H2,1-3H3,(H,20,24). The molecule has 6 nitrogen and oxygen atoms in total. The molecule has 0 aliphatic carbocycles. The minimum absolute atomic E-state index is 0.129. The molecule has 1 N–H and O–H groups in total. The lowest BCUT2D eigenvalue weighted by atomic mass is 10.1. The van der Waals surface area contributed by atoms with Crippen LogP contribution in [-0.2, 0) is 9.59 Å². The molecule has 1 aliphatic heterocycles. The number of hydrogen-bond acceptors (Lipinski definition) is 4. The molecule has 1 heterocycles. The molecular formula is C16H20Cl3N3O3. The highest BCUT2D eigenvalue weighted by Crippen LogP contribution is 2.37. The Bertz CT molecular complexity index is 662. The van der Waals surface area contributed by atoms with E-state index in [0.717, 1.165) is 13.0 Å². The van der Waals surface area contributed by atoms with E-state index in [1.54, 1.807) is 30.0 Å². The van der Waals surface area contributed by atoms with Crippen LogP contribution in [0.1, 0.15) is 13.3 Å². The van der Waals surface area contributed by atoms with E-state index >= 15 is 0 Å². The number of ether oxygens (including phenoxy) is 1. The van der Waals surface area contributed by atoms with E-state index < -0.39 is 15.8 Å². The van der Waals surface area contributed by atoms with Gasteiger partial charge in [-0.1, -0.05) is 34.8 Å². The molecule has 1 unspecified atom stereocenters. The maximum Gasteiger partial charge on any atom is 0.276 e. The Labute approximate surface area is 161 Å². The van der Waals surface area contributed by atoms with Crippen molar-refractivity contribution in [2.75, 3.05) is 37.4 Å². The van der Waals surface area contributed by atoms with Crippen molar-refractivity contribution in [3.8, 4) is 5.75 Å². The van der Waals surface area contributed by atoms with Crippen LogP contribution in [0.2, 0.25) is 0 Å². The predicted molar refractivity (Wildman–Crippen MR) is 101 cm³/mol. The first-order chi connectivity index (χ1) is 11.6. The van der Waals surface area contributed by atoms with Gasteiger partial charge >= 0.3 is 0 Å². The largest absolute Gasteiger partial charge is 0.479 e. The third-order valence-corrected chi connectivity index (χ3v) is 4.18. The van der Waals surface area contributed by atoms with Crippen molar-refractivity contribution in [3.63, 3.8) is 0 Å². The topological polar surface area (TPSA) is 61.9 Å². The highest BCUT2D eigenvalue weighted by molar-refractivity contribution is 6.76. The molecule has 2 amide bonds. The van der Waals surface area contributed by atoms with Gasteiger partial charge < -0.3 is 19.9 Å². The number of carbonyl (C=O) groups excluding carboxylic acids is 2. The van der Waals surface area contributed by atoms with Crippen molar-refractivity contribution in [2.24, 2.45) is 0 Å². The number of anilines is 2. The number of alkyl halides is 3. The molecule has 0 spiro atoms. The van der Waals surface area contributed by atoms with Gasteiger partial charge in [0.05, 0.1) is 5.69 Å². The van der Waals surface area contributed by atoms with Crippen LogP contribution in [0.3, 0.4) is 0 Å². The first-order valence-corrected chi connectivity index (χ1v) is 8.88. The van der Waals surface area contributed by atoms with E-state index in [1.165, 1.54) is 0 Å². The lowest BCUT2D eigenvalue weighted by Gasteiger charge is -2.33. The first-order valence-electron chi connectivity index (χ1n) is 7.74. The van der Waals surface area contributed by atoms with E-state index in [-0.39, 0.29) is 5.91 Å². The van der Waals surface area contributed by atoms with Crippen LogP contribution in [0, 0.1) is 0 Å². The highest BCUT2D eigenvalue weighted by atomic mass is 35.6. The van der Waals surface area contributed by atoms with Gasteiger partial charge in [0.25, 0.3) is 15.6 Å². The van der Waals surface area contributed by atoms with Crippen molar-refractivity contribution in [3.05, 3.63) is 18.2 Å². The second-order valence-corrected chi connectivity index (χ2v) is 8.32. The summed E-state index contributed by atoms with van der Waals surface area (Å²) < 4.78 is 3.57. The summed E-state index contributed by atoms with van der Waals surface area (Å²) in [5, 5.41) is 2.52. The number of rotatable bonds is 5. The summed E-state index contributed by atoms with van der Waals surface area (Å²) in [4.78, 5) is 28.0. The fraction of sp³-hybridized carbons (Fsp3) is 0.500. The number of hydrogen-bond donors (Lipinski definition) is 1. The SMILES string of the molecule is CC1Oc2ccc(NC(=O)C(Cl)(Cl)Cl)cc2N(CCCN(C)C)C1=O. The monoisotopic (exact) mass is 407 g/mol. The summed E-state index contributed by atoms with van der Waals surface area (Å²) in [7, 11) is 3.95. The fourth-order valence-corrected chi connectivity index (χ4v) is 2.60. The van der Waals surface area contributed by atoms with E-state index in [2.05, 4.69) is 5.32 Å². The van der Waals surface area contributed by atoms with Gasteiger partial charge in [-0.25, -0.2) is 0 Å². The van der Waals surface area contributed by atoms with Crippen LogP contribution in [0.15, 0.2) is 18.2 Å². The Morgan fingerprint density at radius 1 is 1.36 bits per heavy atom. The molecule has 0 saturated heterocycles. The van der Waals surface area contributed by atoms with Crippen LogP contribution in [0.25, 0.3) is 0 Å². The van der Waals surface area contributed by atoms with Crippen molar-refractivity contribution in [1.29, 1.82) is 0 Å². The number of amides is 2. The molecule has 0 saturated carbocycles. The maximum absolute atomic E-state index is 12.5. The summed E-state index contributed by atoms with van der Waals surface area (Å²) in [6.07, 6.45) is 0.240. The van der Waals surface area contributed by atoms with Gasteiger partial charge in [-0.2, -0.15) is 0 Å². The summed E-state index contributed by atoms with van der Waals surface area (Å²) in [5.74, 6) is -0.326. The molecule has 1 atom stereocenters. The lowest BCUT2D eigenvalue weighted by molar-refractivity contribution is -0.125. The fourth-order valence-electron chi connectivity index (χ4n) is 2.46. The summed E-state index contributed by atoms with van der Waals surface area (Å²) >= 11 is 16.7. The number of benzene rings is 1. The molecule has 138 valence electrons. The third kappa shape index (κ3) is 5.14. The van der Waals surface area contributed by atoms with Gasteiger partial charge in [0, 0.05) is 12.2 Å². The lowest BCUT2D eigenvalue weighted by Crippen LogP contribution is -2.45. The van der Waals surface area contributed by atoms with Crippen LogP contribution >= 0.6 is 34.8 Å². The van der Waals surface area contributed by atoms with E-state index in [4.69, 9.17) is 39.5 Å². The van der Waals surface area contributed by atoms with Gasteiger partial charge in [-0.3, -0.25) is 9.59 Å². The van der Waals surface area contributed by atoms with Crippen LogP contribution < -0.4 is 15.0 Å². The number of halogens is 3. The Morgan fingerprint density at radius 3 is 2.64 bits per heavy atom. The second kappa shape index (κ2) is 7.99. The zero-order valence-electron chi connectivity index (χ0n) is 14.2. The number of carbonyl (C=O) groups is 2. The molecule has 0 radical (unpaired) electrons. The molecule has 1 aromatic rings. The van der Waals surface area contributed by atoms with Crippen LogP contribution in [0.4, 0.5) is 11.4 Å². The molecular weight excluding hydrogens is 389 g/mol. The predicted octanol–water partition coefficient (Wildman–Crippen LogP) is 3.06. The van der Waals surface area contributed by atoms with Crippen molar-refractivity contribution >= 4 is 58.0 Å². The van der Waals surface area contributed by atoms with Gasteiger partial charge in [0.2, 0.25) is 0 Å². The third-order valence-electron chi connectivity index (χ3n) is 3.67. The Hall–Kier alpha value is -1.21. The van der Waals surface area contributed by atoms with E-state index in [0.29, 0.717) is 23.7 Å². The zero-order valence-corrected chi connectivity index (χ0v) is 16.5. The van der Waals surface area contributed by atoms with Gasteiger partial charge in [0.1, 0.15) is 5.75 Å². The molecule has 0 aromatic heterocycles. The number of nitrogens with one attached hydrogen (secondary N) is 1. The Balaban J connectivity index is 2.25. The average Bonchev–Trinajstić information content (AvgIpc) is 2.50. The summed E-state index contributed by atoms with van der Waals surface area (Å²) in [5.41, 5.74) is 1.00. The number of nitrogens with zero attached hydrogens (tertiary/aromatic N) is 2. The highest BCUT2D eigenvalue weighted by Gasteiger charge is 2.33. The van der Waals surface area contributed by atoms with Crippen LogP contribution in [-0.4, -0.2) is 53.8 Å². The normalized spacial score (nSPS) is 17.3. The minimum Gasteiger partial charge on any atom is -0.479 e. The average molecular weight is 409 g/mol. The first kappa shape index (κ1) is 20.1. The molecule has 0 bridgehead atoms. The maximum atomic E-state index is 12.5. The smallest absolute Gasteiger partial charge is 0.276 e. The molecule has 0 fully saturated rings. The van der Waals surface area contributed by atoms with Crippen molar-refractivity contribution < 1.29 is 14.3 Å². The summed E-state index contributed by atoms with van der Waals surface area (Å²) in [6, 6.07) is 4.96. The van der Waals surface area contributed by atoms with Gasteiger partial charge in [-0.15, -0.1) is 0 Å². The van der Waals surface area contributed by atoms with Crippen LogP contribution in [0.5, 0.6) is 5.75 Å². The summed E-state index contributed by atoms with van der Waals surface area (Å²) in [6.45, 7) is 3.10. The van der Waals surface area contributed by atoms with Gasteiger partial charge in [0.15, 0.2) is 6.10 Å². The molecule has 1 aromatic carbocycles. The zero-order chi connectivity index (χ0) is 18.8. The number of fused-ring (bicyclic) bond motifs is 1. The quantitative estimate of drug-likeness (QED) is 0.761. The Kier molecular flexibility index (Phi) is 6.43. The van der Waals surface area contributed by atoms with Crippen molar-refractivity contribution in [2.45, 2.75) is 23.2 Å². The second-order valence-electron chi connectivity index (χ2n) is 6.04. The van der Waals surface area contributed by atoms with E-state index in [9.17, 15) is 9.59 Å². The van der Waals surface area contributed by atoms with E-state index in [1.807, 2.05) is 19.0 Å². The van der Waals surface area contributed by atoms with Crippen molar-refractivity contribution in [1.82, 2.24) is 4.90 Å². The molecule has 1 aliphatic rings. The Morgan fingerprint density at radius 2 is 2.04 bits per heavy atom.